The van der Waals surface area contributed by atoms with E-state index < -0.39 is 0 Å². The molecule has 0 saturated heterocycles. The van der Waals surface area contributed by atoms with Gasteiger partial charge in [0.2, 0.25) is 0 Å². The van der Waals surface area contributed by atoms with Gasteiger partial charge in [0.15, 0.2) is 0 Å². The van der Waals surface area contributed by atoms with Crippen molar-refractivity contribution in [1.82, 2.24) is 0 Å². The lowest BCUT2D eigenvalue weighted by atomic mass is 10.1. The summed E-state index contributed by atoms with van der Waals surface area (Å²) in [6.45, 7) is -0.134. The highest BCUT2D eigenvalue weighted by Crippen LogP contribution is 2.31. The summed E-state index contributed by atoms with van der Waals surface area (Å²) in [5.74, 6) is 0. The van der Waals surface area contributed by atoms with Crippen LogP contribution in [0.4, 0.5) is 5.00 Å². The first-order chi connectivity index (χ1) is 6.76. The minimum Gasteiger partial charge on any atom is -0.392 e. The Balaban J connectivity index is 2.82. The Morgan fingerprint density at radius 1 is 1.50 bits per heavy atom. The summed E-state index contributed by atoms with van der Waals surface area (Å²) < 4.78 is 0.898. The van der Waals surface area contributed by atoms with E-state index in [1.165, 1.54) is 11.3 Å². The van der Waals surface area contributed by atoms with Crippen LogP contribution in [-0.4, -0.2) is 11.4 Å². The number of hydrogen-bond acceptors (Lipinski definition) is 4. The number of nitrogens with two attached hydrogens (primary N) is 1. The summed E-state index contributed by atoms with van der Waals surface area (Å²) in [7, 11) is 0. The average Bonchev–Trinajstić information content (AvgIpc) is 2.56. The molecule has 0 spiro atoms. The maximum Gasteiger partial charge on any atom is 0.150 e. The number of benzene rings is 1. The number of carbonyl (C=O) groups excluding carboxylic acids is 1. The summed E-state index contributed by atoms with van der Waals surface area (Å²) in [6.07, 6.45) is 0.751. The standard InChI is InChI=1S/C10H9NO2S/c11-9-3-6-1-2-7(4-12)8(5-13)10(6)14-9/h1-4,13H,5,11H2. The van der Waals surface area contributed by atoms with Crippen molar-refractivity contribution in [2.75, 3.05) is 5.73 Å². The first-order valence-corrected chi connectivity index (χ1v) is 4.95. The van der Waals surface area contributed by atoms with Gasteiger partial charge in [-0.05, 0) is 11.5 Å². The predicted molar refractivity (Wildman–Crippen MR) is 57.5 cm³/mol. The van der Waals surface area contributed by atoms with Gasteiger partial charge in [0.05, 0.1) is 11.6 Å². The third-order valence-electron chi connectivity index (χ3n) is 2.13. The van der Waals surface area contributed by atoms with Crippen LogP contribution in [0.25, 0.3) is 10.1 Å². The van der Waals surface area contributed by atoms with Gasteiger partial charge in [0.25, 0.3) is 0 Å². The molecule has 1 aromatic heterocycles. The van der Waals surface area contributed by atoms with Crippen LogP contribution >= 0.6 is 11.3 Å². The highest BCUT2D eigenvalue weighted by atomic mass is 32.1. The molecule has 0 radical (unpaired) electrons. The molecule has 14 heavy (non-hydrogen) atoms. The Hall–Kier alpha value is -1.39. The van der Waals surface area contributed by atoms with Crippen molar-refractivity contribution in [3.8, 4) is 0 Å². The van der Waals surface area contributed by atoms with Crippen LogP contribution in [0.15, 0.2) is 18.2 Å². The van der Waals surface area contributed by atoms with Crippen molar-refractivity contribution in [1.29, 1.82) is 0 Å². The molecule has 0 aliphatic heterocycles. The third kappa shape index (κ3) is 1.29. The zero-order valence-corrected chi connectivity index (χ0v) is 8.17. The molecule has 1 heterocycles. The van der Waals surface area contributed by atoms with Crippen LogP contribution < -0.4 is 5.73 Å². The molecule has 0 bridgehead atoms. The zero-order valence-electron chi connectivity index (χ0n) is 7.36. The van der Waals surface area contributed by atoms with Crippen LogP contribution in [-0.2, 0) is 6.61 Å². The van der Waals surface area contributed by atoms with Gasteiger partial charge in [-0.1, -0.05) is 12.1 Å². The Morgan fingerprint density at radius 2 is 2.29 bits per heavy atom. The topological polar surface area (TPSA) is 63.3 Å². The van der Waals surface area contributed by atoms with Crippen molar-refractivity contribution >= 4 is 32.7 Å². The molecule has 0 amide bonds. The van der Waals surface area contributed by atoms with E-state index in [2.05, 4.69) is 0 Å². The lowest BCUT2D eigenvalue weighted by Gasteiger charge is -2.01. The fraction of sp³-hybridized carbons (Fsp3) is 0.100. The fourth-order valence-corrected chi connectivity index (χ4v) is 2.44. The largest absolute Gasteiger partial charge is 0.392 e. The smallest absolute Gasteiger partial charge is 0.150 e. The van der Waals surface area contributed by atoms with Crippen molar-refractivity contribution in [2.24, 2.45) is 0 Å². The summed E-state index contributed by atoms with van der Waals surface area (Å²) >= 11 is 1.39. The lowest BCUT2D eigenvalue weighted by Crippen LogP contribution is -1.91. The highest BCUT2D eigenvalue weighted by molar-refractivity contribution is 7.22. The Kier molecular flexibility index (Phi) is 2.23. The van der Waals surface area contributed by atoms with E-state index in [-0.39, 0.29) is 6.61 Å². The molecule has 2 rings (SSSR count). The van der Waals surface area contributed by atoms with E-state index in [1.807, 2.05) is 12.1 Å². The lowest BCUT2D eigenvalue weighted by molar-refractivity contribution is 0.112. The molecule has 0 fully saturated rings. The van der Waals surface area contributed by atoms with E-state index in [4.69, 9.17) is 10.8 Å². The quantitative estimate of drug-likeness (QED) is 0.738. The van der Waals surface area contributed by atoms with Crippen molar-refractivity contribution in [2.45, 2.75) is 6.61 Å². The number of rotatable bonds is 2. The number of anilines is 1. The predicted octanol–water partition coefficient (Wildman–Crippen LogP) is 1.79. The molecule has 3 N–H and O–H groups in total. The van der Waals surface area contributed by atoms with E-state index in [1.54, 1.807) is 6.07 Å². The van der Waals surface area contributed by atoms with E-state index in [0.717, 1.165) is 16.4 Å². The number of nitrogen functional groups attached to an aromatic ring is 1. The second kappa shape index (κ2) is 3.40. The SMILES string of the molecule is Nc1cc2ccc(C=O)c(CO)c2s1. The van der Waals surface area contributed by atoms with Crippen molar-refractivity contribution in [3.05, 3.63) is 29.3 Å². The van der Waals surface area contributed by atoms with Gasteiger partial charge in [-0.3, -0.25) is 4.79 Å². The average molecular weight is 207 g/mol. The minimum atomic E-state index is -0.134. The van der Waals surface area contributed by atoms with Gasteiger partial charge in [0, 0.05) is 15.8 Å². The summed E-state index contributed by atoms with van der Waals surface area (Å²) in [4.78, 5) is 10.7. The number of fused-ring (bicyclic) bond motifs is 1. The van der Waals surface area contributed by atoms with Gasteiger partial charge in [0.1, 0.15) is 6.29 Å². The number of hydrogen-bond donors (Lipinski definition) is 2. The van der Waals surface area contributed by atoms with Crippen molar-refractivity contribution < 1.29 is 9.90 Å². The van der Waals surface area contributed by atoms with Gasteiger partial charge >= 0.3 is 0 Å². The molecule has 0 unspecified atom stereocenters. The molecule has 0 atom stereocenters. The van der Waals surface area contributed by atoms with E-state index >= 15 is 0 Å². The van der Waals surface area contributed by atoms with E-state index in [9.17, 15) is 4.79 Å². The normalized spacial score (nSPS) is 10.6. The monoisotopic (exact) mass is 207 g/mol. The summed E-state index contributed by atoms with van der Waals surface area (Å²) in [5.41, 5.74) is 6.85. The van der Waals surface area contributed by atoms with Gasteiger partial charge in [-0.25, -0.2) is 0 Å². The molecule has 3 nitrogen and oxygen atoms in total. The van der Waals surface area contributed by atoms with Crippen LogP contribution in [0.2, 0.25) is 0 Å². The van der Waals surface area contributed by atoms with Gasteiger partial charge in [-0.2, -0.15) is 0 Å². The van der Waals surface area contributed by atoms with Crippen LogP contribution in [0.3, 0.4) is 0 Å². The third-order valence-corrected chi connectivity index (χ3v) is 3.17. The highest BCUT2D eigenvalue weighted by Gasteiger charge is 2.08. The molecule has 0 aliphatic rings. The summed E-state index contributed by atoms with van der Waals surface area (Å²) in [5, 5.41) is 10.8. The number of aliphatic hydroxyl groups is 1. The fourth-order valence-electron chi connectivity index (χ4n) is 1.47. The molecule has 1 aromatic carbocycles. The summed E-state index contributed by atoms with van der Waals surface area (Å²) in [6, 6.07) is 5.38. The number of aliphatic hydroxyl groups excluding tert-OH is 1. The molecule has 2 aromatic rings. The Bertz CT molecular complexity index is 490. The maximum atomic E-state index is 10.7. The van der Waals surface area contributed by atoms with Crippen LogP contribution in [0.1, 0.15) is 15.9 Å². The number of carbonyl (C=O) groups is 1. The minimum absolute atomic E-state index is 0.134. The molecular weight excluding hydrogens is 198 g/mol. The molecule has 4 heteroatoms. The number of thiophene rings is 1. The van der Waals surface area contributed by atoms with Crippen LogP contribution in [0, 0.1) is 0 Å². The zero-order chi connectivity index (χ0) is 10.1. The maximum absolute atomic E-state index is 10.7. The van der Waals surface area contributed by atoms with Crippen molar-refractivity contribution in [3.63, 3.8) is 0 Å². The first-order valence-electron chi connectivity index (χ1n) is 4.13. The first kappa shape index (κ1) is 9.18. The Labute approximate surface area is 84.8 Å². The van der Waals surface area contributed by atoms with Gasteiger partial charge < -0.3 is 10.8 Å². The Morgan fingerprint density at radius 3 is 2.93 bits per heavy atom. The molecule has 72 valence electrons. The number of aldehydes is 1. The molecular formula is C10H9NO2S. The molecule has 0 saturated carbocycles. The second-order valence-electron chi connectivity index (χ2n) is 2.98. The molecule has 0 aliphatic carbocycles. The van der Waals surface area contributed by atoms with Crippen LogP contribution in [0.5, 0.6) is 0 Å². The second-order valence-corrected chi connectivity index (χ2v) is 4.06. The van der Waals surface area contributed by atoms with Gasteiger partial charge in [-0.15, -0.1) is 11.3 Å². The van der Waals surface area contributed by atoms with E-state index in [0.29, 0.717) is 16.1 Å².